The van der Waals surface area contributed by atoms with Gasteiger partial charge in [-0.2, -0.15) is 5.10 Å². The van der Waals surface area contributed by atoms with Crippen LogP contribution in [0.15, 0.2) is 24.8 Å². The van der Waals surface area contributed by atoms with Crippen LogP contribution in [0.3, 0.4) is 0 Å². The summed E-state index contributed by atoms with van der Waals surface area (Å²) in [6.07, 6.45) is 5.27. The molecular weight excluding hydrogens is 221 g/mol. The molecule has 2 aromatic rings. The van der Waals surface area contributed by atoms with Gasteiger partial charge in [0.1, 0.15) is 12.1 Å². The lowest BCUT2D eigenvalue weighted by molar-refractivity contribution is 0.611. The van der Waals surface area contributed by atoms with E-state index in [9.17, 15) is 4.39 Å². The van der Waals surface area contributed by atoms with Crippen LogP contribution in [0.25, 0.3) is 0 Å². The largest absolute Gasteiger partial charge is 0.312 e. The minimum absolute atomic E-state index is 0.310. The maximum atomic E-state index is 12.8. The summed E-state index contributed by atoms with van der Waals surface area (Å²) in [5.74, 6) is 0.494. The molecule has 0 aliphatic rings. The Morgan fingerprint density at radius 2 is 2.29 bits per heavy atom. The second-order valence-electron chi connectivity index (χ2n) is 3.77. The van der Waals surface area contributed by atoms with E-state index in [1.165, 1.54) is 12.3 Å². The van der Waals surface area contributed by atoms with Gasteiger partial charge in [0.2, 0.25) is 0 Å². The SMILES string of the molecule is Cn1cnc(CCNCc2cncc(F)c2)n1. The summed E-state index contributed by atoms with van der Waals surface area (Å²) >= 11 is 0. The third kappa shape index (κ3) is 3.60. The quantitative estimate of drug-likeness (QED) is 0.774. The van der Waals surface area contributed by atoms with Crippen molar-refractivity contribution in [2.75, 3.05) is 6.54 Å². The van der Waals surface area contributed by atoms with Gasteiger partial charge in [-0.25, -0.2) is 9.37 Å². The first-order valence-electron chi connectivity index (χ1n) is 5.39. The standard InChI is InChI=1S/C11H14FN5/c1-17-8-15-11(16-17)2-3-13-5-9-4-10(12)7-14-6-9/h4,6-8,13H,2-3,5H2,1H3. The number of aryl methyl sites for hydroxylation is 1. The molecule has 90 valence electrons. The van der Waals surface area contributed by atoms with Crippen molar-refractivity contribution in [3.05, 3.63) is 42.0 Å². The first-order valence-corrected chi connectivity index (χ1v) is 5.39. The van der Waals surface area contributed by atoms with Crippen molar-refractivity contribution in [3.63, 3.8) is 0 Å². The number of nitrogens with one attached hydrogen (secondary N) is 1. The highest BCUT2D eigenvalue weighted by atomic mass is 19.1. The molecule has 2 aromatic heterocycles. The van der Waals surface area contributed by atoms with Gasteiger partial charge in [-0.05, 0) is 11.6 Å². The van der Waals surface area contributed by atoms with Crippen molar-refractivity contribution in [1.29, 1.82) is 0 Å². The van der Waals surface area contributed by atoms with E-state index in [4.69, 9.17) is 0 Å². The third-order valence-electron chi connectivity index (χ3n) is 2.26. The number of aromatic nitrogens is 4. The predicted molar refractivity (Wildman–Crippen MR) is 60.6 cm³/mol. The minimum Gasteiger partial charge on any atom is -0.312 e. The van der Waals surface area contributed by atoms with Gasteiger partial charge in [-0.15, -0.1) is 0 Å². The van der Waals surface area contributed by atoms with Crippen LogP contribution in [0, 0.1) is 5.82 Å². The van der Waals surface area contributed by atoms with Crippen molar-refractivity contribution in [2.24, 2.45) is 7.05 Å². The van der Waals surface area contributed by atoms with Crippen LogP contribution in [0.2, 0.25) is 0 Å². The monoisotopic (exact) mass is 235 g/mol. The van der Waals surface area contributed by atoms with Crippen LogP contribution < -0.4 is 5.32 Å². The number of pyridine rings is 1. The number of nitrogens with zero attached hydrogens (tertiary/aromatic N) is 4. The second kappa shape index (κ2) is 5.49. The Kier molecular flexibility index (Phi) is 3.77. The fourth-order valence-corrected chi connectivity index (χ4v) is 1.48. The van der Waals surface area contributed by atoms with Crippen LogP contribution in [0.1, 0.15) is 11.4 Å². The molecule has 17 heavy (non-hydrogen) atoms. The minimum atomic E-state index is -0.310. The predicted octanol–water partition coefficient (Wildman–Crippen LogP) is 0.681. The molecule has 0 aliphatic heterocycles. The highest BCUT2D eigenvalue weighted by molar-refractivity contribution is 5.09. The van der Waals surface area contributed by atoms with E-state index in [0.29, 0.717) is 6.54 Å². The summed E-state index contributed by atoms with van der Waals surface area (Å²) in [4.78, 5) is 7.90. The molecule has 2 heterocycles. The summed E-state index contributed by atoms with van der Waals surface area (Å²) in [6.45, 7) is 1.35. The normalized spacial score (nSPS) is 10.7. The smallest absolute Gasteiger partial charge is 0.151 e. The highest BCUT2D eigenvalue weighted by Crippen LogP contribution is 2.00. The van der Waals surface area contributed by atoms with Crippen LogP contribution in [0.5, 0.6) is 0 Å². The molecule has 0 unspecified atom stereocenters. The molecule has 0 radical (unpaired) electrons. The van der Waals surface area contributed by atoms with Crippen molar-refractivity contribution in [3.8, 4) is 0 Å². The average Bonchev–Trinajstić information content (AvgIpc) is 2.71. The Morgan fingerprint density at radius 1 is 1.41 bits per heavy atom. The topological polar surface area (TPSA) is 55.6 Å². The Bertz CT molecular complexity index is 482. The third-order valence-corrected chi connectivity index (χ3v) is 2.26. The molecule has 2 rings (SSSR count). The number of hydrogen-bond acceptors (Lipinski definition) is 4. The van der Waals surface area contributed by atoms with E-state index < -0.39 is 0 Å². The zero-order chi connectivity index (χ0) is 12.1. The van der Waals surface area contributed by atoms with Crippen molar-refractivity contribution in [1.82, 2.24) is 25.1 Å². The molecule has 0 bridgehead atoms. The summed E-state index contributed by atoms with van der Waals surface area (Å²) in [5.41, 5.74) is 0.832. The number of rotatable bonds is 5. The van der Waals surface area contributed by atoms with Crippen molar-refractivity contribution >= 4 is 0 Å². The number of hydrogen-bond donors (Lipinski definition) is 1. The van der Waals surface area contributed by atoms with Crippen LogP contribution in [-0.2, 0) is 20.0 Å². The van der Waals surface area contributed by atoms with E-state index >= 15 is 0 Å². The van der Waals surface area contributed by atoms with Crippen molar-refractivity contribution < 1.29 is 4.39 Å². The summed E-state index contributed by atoms with van der Waals surface area (Å²) in [7, 11) is 1.84. The molecule has 0 saturated carbocycles. The van der Waals surface area contributed by atoms with Gasteiger partial charge in [-0.1, -0.05) is 0 Å². The lowest BCUT2D eigenvalue weighted by atomic mass is 10.3. The molecular formula is C11H14FN5. The summed E-state index contributed by atoms with van der Waals surface area (Å²) in [6, 6.07) is 1.47. The first-order chi connectivity index (χ1) is 8.24. The van der Waals surface area contributed by atoms with Gasteiger partial charge in [0, 0.05) is 32.8 Å². The fourth-order valence-electron chi connectivity index (χ4n) is 1.48. The maximum Gasteiger partial charge on any atom is 0.151 e. The van der Waals surface area contributed by atoms with Crippen molar-refractivity contribution in [2.45, 2.75) is 13.0 Å². The van der Waals surface area contributed by atoms with E-state index in [-0.39, 0.29) is 5.82 Å². The van der Waals surface area contributed by atoms with Gasteiger partial charge >= 0.3 is 0 Å². The van der Waals surface area contributed by atoms with Gasteiger partial charge < -0.3 is 5.32 Å². The molecule has 0 saturated heterocycles. The molecule has 0 spiro atoms. The molecule has 0 aliphatic carbocycles. The molecule has 5 nitrogen and oxygen atoms in total. The molecule has 6 heteroatoms. The molecule has 0 aromatic carbocycles. The Hall–Kier alpha value is -1.82. The van der Waals surface area contributed by atoms with Crippen LogP contribution in [-0.4, -0.2) is 26.3 Å². The second-order valence-corrected chi connectivity index (χ2v) is 3.77. The molecule has 0 amide bonds. The van der Waals surface area contributed by atoms with Gasteiger partial charge in [0.25, 0.3) is 0 Å². The maximum absolute atomic E-state index is 12.8. The lowest BCUT2D eigenvalue weighted by Gasteiger charge is -2.02. The van der Waals surface area contributed by atoms with E-state index in [1.54, 1.807) is 17.2 Å². The first kappa shape index (κ1) is 11.7. The zero-order valence-corrected chi connectivity index (χ0v) is 9.60. The molecule has 0 fully saturated rings. The Labute approximate surface area is 98.7 Å². The van der Waals surface area contributed by atoms with E-state index in [2.05, 4.69) is 20.4 Å². The van der Waals surface area contributed by atoms with Gasteiger partial charge in [-0.3, -0.25) is 9.67 Å². The van der Waals surface area contributed by atoms with Crippen LogP contribution >= 0.6 is 0 Å². The lowest BCUT2D eigenvalue weighted by Crippen LogP contribution is -2.17. The number of halogens is 1. The zero-order valence-electron chi connectivity index (χ0n) is 9.60. The van der Waals surface area contributed by atoms with Gasteiger partial charge in [0.15, 0.2) is 5.82 Å². The average molecular weight is 235 g/mol. The summed E-state index contributed by atoms with van der Waals surface area (Å²) in [5, 5.41) is 7.35. The van der Waals surface area contributed by atoms with E-state index in [0.717, 1.165) is 24.4 Å². The molecule has 1 N–H and O–H groups in total. The molecule has 0 atom stereocenters. The highest BCUT2D eigenvalue weighted by Gasteiger charge is 1.99. The fraction of sp³-hybridized carbons (Fsp3) is 0.364. The van der Waals surface area contributed by atoms with Gasteiger partial charge in [0.05, 0.1) is 6.20 Å². The van der Waals surface area contributed by atoms with Crippen LogP contribution in [0.4, 0.5) is 4.39 Å². The van der Waals surface area contributed by atoms with E-state index in [1.807, 2.05) is 7.05 Å². The Balaban J connectivity index is 1.73. The summed E-state index contributed by atoms with van der Waals surface area (Å²) < 4.78 is 14.5. The Morgan fingerprint density at radius 3 is 3.00 bits per heavy atom.